The molecule has 3 amide bonds. The molecule has 1 aromatic rings. The molecule has 1 aromatic heterocycles. The predicted octanol–water partition coefficient (Wildman–Crippen LogP) is -0.394. The summed E-state index contributed by atoms with van der Waals surface area (Å²) in [6.45, 7) is 2.19. The van der Waals surface area contributed by atoms with Crippen molar-refractivity contribution < 1.29 is 9.59 Å². The molecule has 0 atom stereocenters. The zero-order chi connectivity index (χ0) is 18.1. The van der Waals surface area contributed by atoms with E-state index in [9.17, 15) is 9.59 Å². The van der Waals surface area contributed by atoms with E-state index in [4.69, 9.17) is 0 Å². The maximum Gasteiger partial charge on any atom is 0.320 e. The van der Waals surface area contributed by atoms with Gasteiger partial charge in [-0.15, -0.1) is 10.2 Å². The molecule has 0 radical (unpaired) electrons. The van der Waals surface area contributed by atoms with Crippen LogP contribution in [0, 0.1) is 0 Å². The predicted molar refractivity (Wildman–Crippen MR) is 91.9 cm³/mol. The standard InChI is InChI=1S/C16H27N7O2/c1-20(2)9-13-18-19-15(22(13)4)11-7-12(8-11)17-14(24)10-23-6-5-21(3)16(23)25/h11-12H,5-10H2,1-4H3,(H,17,24). The number of carbonyl (C=O) groups is 2. The van der Waals surface area contributed by atoms with E-state index in [2.05, 4.69) is 25.0 Å². The number of nitrogens with one attached hydrogen (secondary N) is 1. The smallest absolute Gasteiger partial charge is 0.320 e. The van der Waals surface area contributed by atoms with Gasteiger partial charge in [0.05, 0.1) is 6.54 Å². The number of rotatable bonds is 6. The number of likely N-dealkylation sites (N-methyl/N-ethyl adjacent to an activating group) is 1. The van der Waals surface area contributed by atoms with Crippen molar-refractivity contribution in [1.82, 2.24) is 34.8 Å². The number of hydrogen-bond donors (Lipinski definition) is 1. The van der Waals surface area contributed by atoms with E-state index >= 15 is 0 Å². The maximum absolute atomic E-state index is 12.1. The van der Waals surface area contributed by atoms with Gasteiger partial charge in [-0.2, -0.15) is 0 Å². The highest BCUT2D eigenvalue weighted by molar-refractivity contribution is 5.85. The second-order valence-electron chi connectivity index (χ2n) is 7.33. The number of hydrogen-bond acceptors (Lipinski definition) is 5. The number of carbonyl (C=O) groups excluding carboxylic acids is 2. The summed E-state index contributed by atoms with van der Waals surface area (Å²) in [5.74, 6) is 2.18. The average molecular weight is 349 g/mol. The summed E-state index contributed by atoms with van der Waals surface area (Å²) in [7, 11) is 7.76. The minimum atomic E-state index is -0.0848. The summed E-state index contributed by atoms with van der Waals surface area (Å²) in [6, 6.07) is 0.0797. The van der Waals surface area contributed by atoms with E-state index < -0.39 is 0 Å². The fourth-order valence-electron chi connectivity index (χ4n) is 3.39. The molecule has 1 aliphatic heterocycles. The Labute approximate surface area is 148 Å². The van der Waals surface area contributed by atoms with Crippen LogP contribution in [0.1, 0.15) is 30.4 Å². The zero-order valence-corrected chi connectivity index (χ0v) is 15.4. The van der Waals surface area contributed by atoms with E-state index in [-0.39, 0.29) is 24.5 Å². The Morgan fingerprint density at radius 1 is 1.24 bits per heavy atom. The van der Waals surface area contributed by atoms with Crippen LogP contribution in [0.4, 0.5) is 4.79 Å². The summed E-state index contributed by atoms with van der Waals surface area (Å²) in [5, 5.41) is 11.6. The monoisotopic (exact) mass is 349 g/mol. The van der Waals surface area contributed by atoms with Crippen LogP contribution >= 0.6 is 0 Å². The lowest BCUT2D eigenvalue weighted by molar-refractivity contribution is -0.122. The summed E-state index contributed by atoms with van der Waals surface area (Å²) < 4.78 is 2.06. The Morgan fingerprint density at radius 2 is 1.96 bits per heavy atom. The Bertz CT molecular complexity index is 651. The SMILES string of the molecule is CN(C)Cc1nnc(C2CC(NC(=O)CN3CCN(C)C3=O)C2)n1C. The molecule has 1 saturated carbocycles. The van der Waals surface area contributed by atoms with Gasteiger partial charge in [-0.3, -0.25) is 4.79 Å². The fourth-order valence-corrected chi connectivity index (χ4v) is 3.39. The summed E-state index contributed by atoms with van der Waals surface area (Å²) in [4.78, 5) is 29.2. The maximum atomic E-state index is 12.1. The van der Waals surface area contributed by atoms with E-state index in [1.807, 2.05) is 21.1 Å². The van der Waals surface area contributed by atoms with Gasteiger partial charge >= 0.3 is 6.03 Å². The van der Waals surface area contributed by atoms with Gasteiger partial charge in [-0.05, 0) is 26.9 Å². The minimum absolute atomic E-state index is 0.0749. The van der Waals surface area contributed by atoms with Crippen LogP contribution in [-0.4, -0.2) is 88.2 Å². The van der Waals surface area contributed by atoms with Crippen molar-refractivity contribution in [3.63, 3.8) is 0 Å². The zero-order valence-electron chi connectivity index (χ0n) is 15.4. The van der Waals surface area contributed by atoms with Crippen LogP contribution in [0.25, 0.3) is 0 Å². The fraction of sp³-hybridized carbons (Fsp3) is 0.750. The molecule has 1 aliphatic carbocycles. The lowest BCUT2D eigenvalue weighted by Gasteiger charge is -2.35. The van der Waals surface area contributed by atoms with Gasteiger partial charge < -0.3 is 24.6 Å². The molecule has 0 aromatic carbocycles. The molecule has 0 unspecified atom stereocenters. The summed E-state index contributed by atoms with van der Waals surface area (Å²) in [6.07, 6.45) is 1.74. The van der Waals surface area contributed by atoms with Gasteiger partial charge in [0, 0.05) is 39.1 Å². The Morgan fingerprint density at radius 3 is 2.56 bits per heavy atom. The molecule has 25 heavy (non-hydrogen) atoms. The molecule has 9 heteroatoms. The van der Waals surface area contributed by atoms with Crippen molar-refractivity contribution in [1.29, 1.82) is 0 Å². The molecule has 1 N–H and O–H groups in total. The number of nitrogens with zero attached hydrogens (tertiary/aromatic N) is 6. The first-order valence-electron chi connectivity index (χ1n) is 8.67. The Hall–Kier alpha value is -2.16. The van der Waals surface area contributed by atoms with Crippen molar-refractivity contribution in [2.75, 3.05) is 40.8 Å². The van der Waals surface area contributed by atoms with E-state index in [0.717, 1.165) is 31.0 Å². The van der Waals surface area contributed by atoms with Crippen molar-refractivity contribution in [3.05, 3.63) is 11.6 Å². The first-order valence-corrected chi connectivity index (χ1v) is 8.67. The van der Waals surface area contributed by atoms with E-state index in [0.29, 0.717) is 19.0 Å². The third-order valence-corrected chi connectivity index (χ3v) is 4.96. The molecule has 138 valence electrons. The first-order chi connectivity index (χ1) is 11.8. The van der Waals surface area contributed by atoms with Crippen molar-refractivity contribution >= 4 is 11.9 Å². The highest BCUT2D eigenvalue weighted by Gasteiger charge is 2.35. The van der Waals surface area contributed by atoms with Gasteiger partial charge in [0.2, 0.25) is 5.91 Å². The first kappa shape index (κ1) is 17.7. The molecule has 0 spiro atoms. The highest BCUT2D eigenvalue weighted by atomic mass is 16.2. The quantitative estimate of drug-likeness (QED) is 0.756. The molecule has 1 saturated heterocycles. The number of aromatic nitrogens is 3. The normalized spacial score (nSPS) is 23.3. The molecule has 0 bridgehead atoms. The van der Waals surface area contributed by atoms with Gasteiger partial charge in [0.15, 0.2) is 0 Å². The number of amides is 3. The third kappa shape index (κ3) is 3.76. The Kier molecular flexibility index (Phi) is 4.94. The molecule has 9 nitrogen and oxygen atoms in total. The van der Waals surface area contributed by atoms with Crippen LogP contribution in [0.5, 0.6) is 0 Å². The van der Waals surface area contributed by atoms with Gasteiger partial charge in [0.25, 0.3) is 0 Å². The van der Waals surface area contributed by atoms with Crippen LogP contribution in [0.15, 0.2) is 0 Å². The molecule has 2 aliphatic rings. The van der Waals surface area contributed by atoms with Crippen LogP contribution in [0.2, 0.25) is 0 Å². The second kappa shape index (κ2) is 6.99. The Balaban J connectivity index is 1.46. The van der Waals surface area contributed by atoms with Crippen LogP contribution in [0.3, 0.4) is 0 Å². The van der Waals surface area contributed by atoms with Crippen molar-refractivity contribution in [3.8, 4) is 0 Å². The third-order valence-electron chi connectivity index (χ3n) is 4.96. The van der Waals surface area contributed by atoms with Gasteiger partial charge in [-0.1, -0.05) is 0 Å². The molecular weight excluding hydrogens is 322 g/mol. The molecule has 3 rings (SSSR count). The molecule has 2 fully saturated rings. The molecule has 2 heterocycles. The van der Waals surface area contributed by atoms with Gasteiger partial charge in [0.1, 0.15) is 18.2 Å². The van der Waals surface area contributed by atoms with E-state index in [1.54, 1.807) is 16.8 Å². The van der Waals surface area contributed by atoms with Crippen molar-refractivity contribution in [2.45, 2.75) is 31.3 Å². The minimum Gasteiger partial charge on any atom is -0.352 e. The largest absolute Gasteiger partial charge is 0.352 e. The van der Waals surface area contributed by atoms with E-state index in [1.165, 1.54) is 0 Å². The summed E-state index contributed by atoms with van der Waals surface area (Å²) in [5.41, 5.74) is 0. The lowest BCUT2D eigenvalue weighted by atomic mass is 9.79. The summed E-state index contributed by atoms with van der Waals surface area (Å²) >= 11 is 0. The average Bonchev–Trinajstić information content (AvgIpc) is 3.00. The number of urea groups is 1. The topological polar surface area (TPSA) is 86.6 Å². The van der Waals surface area contributed by atoms with Crippen LogP contribution in [-0.2, 0) is 18.4 Å². The highest BCUT2D eigenvalue weighted by Crippen LogP contribution is 2.35. The second-order valence-corrected chi connectivity index (χ2v) is 7.33. The molecular formula is C16H27N7O2. The van der Waals surface area contributed by atoms with Crippen molar-refractivity contribution in [2.24, 2.45) is 7.05 Å². The van der Waals surface area contributed by atoms with Gasteiger partial charge in [-0.25, -0.2) is 4.79 Å². The van der Waals surface area contributed by atoms with Crippen LogP contribution < -0.4 is 5.32 Å². The lowest BCUT2D eigenvalue weighted by Crippen LogP contribution is -2.48.